The van der Waals surface area contributed by atoms with Crippen LogP contribution in [-0.2, 0) is 0 Å². The van der Waals surface area contributed by atoms with E-state index in [0.29, 0.717) is 6.04 Å². The van der Waals surface area contributed by atoms with Gasteiger partial charge in [0.2, 0.25) is 0 Å². The third kappa shape index (κ3) is 7.58. The summed E-state index contributed by atoms with van der Waals surface area (Å²) in [5.41, 5.74) is 0. The number of hydrogen-bond donors (Lipinski definition) is 1. The zero-order valence-corrected chi connectivity index (χ0v) is 12.9. The molecule has 0 heterocycles. The second-order valence-electron chi connectivity index (χ2n) is 4.96. The maximum atomic E-state index is 13.1. The minimum atomic E-state index is -0.148. The molecule has 0 spiro atoms. The summed E-state index contributed by atoms with van der Waals surface area (Å²) in [5, 5.41) is 3.36. The molecule has 0 radical (unpaired) electrons. The van der Waals surface area contributed by atoms with E-state index < -0.39 is 0 Å². The molecule has 19 heavy (non-hydrogen) atoms. The first-order valence-electron chi connectivity index (χ1n) is 7.32. The maximum Gasteiger partial charge on any atom is 0.124 e. The van der Waals surface area contributed by atoms with Gasteiger partial charge < -0.3 is 5.32 Å². The Morgan fingerprint density at radius 2 is 2.00 bits per heavy atom. The fourth-order valence-electron chi connectivity index (χ4n) is 2.06. The number of thioether (sulfide) groups is 1. The highest BCUT2D eigenvalue weighted by Crippen LogP contribution is 2.21. The van der Waals surface area contributed by atoms with Crippen LogP contribution in [0, 0.1) is 5.82 Å². The van der Waals surface area contributed by atoms with Crippen LogP contribution in [0.25, 0.3) is 0 Å². The number of unbranched alkanes of at least 4 members (excludes halogenated alkanes) is 4. The molecule has 1 atom stereocenters. The number of nitrogens with one attached hydrogen (secondary N) is 1. The molecule has 108 valence electrons. The van der Waals surface area contributed by atoms with Gasteiger partial charge >= 0.3 is 0 Å². The molecule has 0 aromatic heterocycles. The van der Waals surface area contributed by atoms with E-state index in [2.05, 4.69) is 12.2 Å². The van der Waals surface area contributed by atoms with Crippen molar-refractivity contribution in [2.24, 2.45) is 0 Å². The van der Waals surface area contributed by atoms with Gasteiger partial charge in [-0.05, 0) is 31.7 Å². The van der Waals surface area contributed by atoms with Gasteiger partial charge in [0, 0.05) is 16.7 Å². The zero-order valence-electron chi connectivity index (χ0n) is 12.1. The monoisotopic (exact) mass is 283 g/mol. The summed E-state index contributed by atoms with van der Waals surface area (Å²) >= 11 is 1.73. The van der Waals surface area contributed by atoms with Crippen LogP contribution in [0.2, 0.25) is 0 Å². The molecule has 1 rings (SSSR count). The van der Waals surface area contributed by atoms with E-state index in [9.17, 15) is 4.39 Å². The van der Waals surface area contributed by atoms with E-state index in [1.807, 2.05) is 13.1 Å². The van der Waals surface area contributed by atoms with Crippen LogP contribution in [0.3, 0.4) is 0 Å². The fraction of sp³-hybridized carbons (Fsp3) is 0.625. The van der Waals surface area contributed by atoms with Crippen LogP contribution in [0.5, 0.6) is 0 Å². The molecule has 0 saturated carbocycles. The van der Waals surface area contributed by atoms with E-state index >= 15 is 0 Å². The molecule has 0 aliphatic carbocycles. The van der Waals surface area contributed by atoms with Crippen molar-refractivity contribution in [2.75, 3.05) is 12.8 Å². The normalized spacial score (nSPS) is 12.6. The Hall–Kier alpha value is -0.540. The average molecular weight is 283 g/mol. The van der Waals surface area contributed by atoms with Gasteiger partial charge in [0.05, 0.1) is 0 Å². The Balaban J connectivity index is 2.21. The lowest BCUT2D eigenvalue weighted by Gasteiger charge is -2.15. The smallest absolute Gasteiger partial charge is 0.124 e. The van der Waals surface area contributed by atoms with Crippen molar-refractivity contribution in [1.29, 1.82) is 0 Å². The second kappa shape index (κ2) is 10.3. The minimum absolute atomic E-state index is 0.148. The molecule has 0 fully saturated rings. The highest BCUT2D eigenvalue weighted by Gasteiger charge is 2.07. The lowest BCUT2D eigenvalue weighted by atomic mass is 10.1. The summed E-state index contributed by atoms with van der Waals surface area (Å²) in [5.74, 6) is 0.860. The van der Waals surface area contributed by atoms with E-state index in [0.717, 1.165) is 10.6 Å². The van der Waals surface area contributed by atoms with Crippen molar-refractivity contribution in [3.05, 3.63) is 30.1 Å². The lowest BCUT2D eigenvalue weighted by Crippen LogP contribution is -2.27. The van der Waals surface area contributed by atoms with Crippen molar-refractivity contribution in [3.63, 3.8) is 0 Å². The quantitative estimate of drug-likeness (QED) is 0.486. The third-order valence-corrected chi connectivity index (χ3v) is 4.47. The topological polar surface area (TPSA) is 12.0 Å². The second-order valence-corrected chi connectivity index (χ2v) is 6.05. The first-order chi connectivity index (χ1) is 9.26. The molecule has 3 heteroatoms. The summed E-state index contributed by atoms with van der Waals surface area (Å²) < 4.78 is 13.1. The van der Waals surface area contributed by atoms with Gasteiger partial charge in [0.25, 0.3) is 0 Å². The molecule has 1 aromatic carbocycles. The van der Waals surface area contributed by atoms with Crippen molar-refractivity contribution in [2.45, 2.75) is 56.4 Å². The zero-order chi connectivity index (χ0) is 13.9. The van der Waals surface area contributed by atoms with Gasteiger partial charge in [-0.1, -0.05) is 45.1 Å². The lowest BCUT2D eigenvalue weighted by molar-refractivity contribution is 0.518. The van der Waals surface area contributed by atoms with Crippen molar-refractivity contribution < 1.29 is 4.39 Å². The van der Waals surface area contributed by atoms with Gasteiger partial charge in [-0.2, -0.15) is 0 Å². The summed E-state index contributed by atoms with van der Waals surface area (Å²) in [7, 11) is 2.02. The molecule has 1 aromatic rings. The molecule has 1 N–H and O–H groups in total. The molecule has 0 amide bonds. The van der Waals surface area contributed by atoms with E-state index in [1.165, 1.54) is 44.6 Å². The van der Waals surface area contributed by atoms with E-state index in [-0.39, 0.29) is 5.82 Å². The van der Waals surface area contributed by atoms with Crippen LogP contribution in [-0.4, -0.2) is 18.8 Å². The Kier molecular flexibility index (Phi) is 8.93. The minimum Gasteiger partial charge on any atom is -0.316 e. The predicted molar refractivity (Wildman–Crippen MR) is 83.3 cm³/mol. The maximum absolute atomic E-state index is 13.1. The van der Waals surface area contributed by atoms with Gasteiger partial charge in [-0.25, -0.2) is 4.39 Å². The summed E-state index contributed by atoms with van der Waals surface area (Å²) in [6, 6.07) is 7.37. The number of halogens is 1. The molecule has 0 bridgehead atoms. The third-order valence-electron chi connectivity index (χ3n) is 3.31. The van der Waals surface area contributed by atoms with Crippen LogP contribution in [0.1, 0.15) is 45.4 Å². The Bertz CT molecular complexity index is 343. The molecule has 1 unspecified atom stereocenters. The SMILES string of the molecule is CCCCCCCC(CSc1cccc(F)c1)NC. The van der Waals surface area contributed by atoms with Crippen LogP contribution in [0.15, 0.2) is 29.2 Å². The predicted octanol–water partition coefficient (Wildman–Crippen LogP) is 4.87. The standard InChI is InChI=1S/C16H26FNS/c1-3-4-5-6-7-10-15(18-2)13-19-16-11-8-9-14(17)12-16/h8-9,11-12,15,18H,3-7,10,13H2,1-2H3. The van der Waals surface area contributed by atoms with Crippen molar-refractivity contribution in [1.82, 2.24) is 5.32 Å². The molecular formula is C16H26FNS. The summed E-state index contributed by atoms with van der Waals surface area (Å²) in [6.45, 7) is 2.24. The van der Waals surface area contributed by atoms with Gasteiger partial charge in [-0.3, -0.25) is 0 Å². The van der Waals surface area contributed by atoms with E-state index in [4.69, 9.17) is 0 Å². The van der Waals surface area contributed by atoms with Gasteiger partial charge in [0.15, 0.2) is 0 Å². The summed E-state index contributed by atoms with van der Waals surface area (Å²) in [4.78, 5) is 1.02. The first-order valence-corrected chi connectivity index (χ1v) is 8.30. The van der Waals surface area contributed by atoms with Crippen molar-refractivity contribution in [3.8, 4) is 0 Å². The summed E-state index contributed by atoms with van der Waals surface area (Å²) in [6.07, 6.45) is 7.82. The Morgan fingerprint density at radius 3 is 2.68 bits per heavy atom. The van der Waals surface area contributed by atoms with E-state index in [1.54, 1.807) is 23.9 Å². The van der Waals surface area contributed by atoms with Gasteiger partial charge in [0.1, 0.15) is 5.82 Å². The van der Waals surface area contributed by atoms with Crippen LogP contribution >= 0.6 is 11.8 Å². The Labute approximate surface area is 121 Å². The van der Waals surface area contributed by atoms with Crippen molar-refractivity contribution >= 4 is 11.8 Å². The van der Waals surface area contributed by atoms with Crippen LogP contribution in [0.4, 0.5) is 4.39 Å². The molecule has 1 nitrogen and oxygen atoms in total. The molecule has 0 aliphatic heterocycles. The highest BCUT2D eigenvalue weighted by molar-refractivity contribution is 7.99. The fourth-order valence-corrected chi connectivity index (χ4v) is 3.16. The van der Waals surface area contributed by atoms with Crippen LogP contribution < -0.4 is 5.32 Å². The Morgan fingerprint density at radius 1 is 1.21 bits per heavy atom. The molecule has 0 aliphatic rings. The average Bonchev–Trinajstić information content (AvgIpc) is 2.42. The number of hydrogen-bond acceptors (Lipinski definition) is 2. The first kappa shape index (κ1) is 16.5. The highest BCUT2D eigenvalue weighted by atomic mass is 32.2. The molecular weight excluding hydrogens is 257 g/mol. The van der Waals surface area contributed by atoms with Gasteiger partial charge in [-0.15, -0.1) is 11.8 Å². The molecule has 0 saturated heterocycles. The largest absolute Gasteiger partial charge is 0.316 e. The number of rotatable bonds is 10. The number of benzene rings is 1.